The third-order valence-corrected chi connectivity index (χ3v) is 0.812. The van der Waals surface area contributed by atoms with Gasteiger partial charge in [-0.15, -0.1) is 0 Å². The SMILES string of the molecule is O.O.O.O=C(O)CS.O=C(O)CS.[Ca]. The number of rotatable bonds is 2. The second kappa shape index (κ2) is 29.2. The molecule has 7 nitrogen and oxygen atoms in total. The van der Waals surface area contributed by atoms with Crippen molar-refractivity contribution < 1.29 is 36.2 Å². The Hall–Kier alpha value is 0.780. The topological polar surface area (TPSA) is 169 Å². The van der Waals surface area contributed by atoms with Crippen molar-refractivity contribution >= 4 is 74.9 Å². The van der Waals surface area contributed by atoms with Gasteiger partial charge in [0.25, 0.3) is 0 Å². The fraction of sp³-hybridized carbons (Fsp3) is 0.500. The van der Waals surface area contributed by atoms with E-state index in [1.807, 2.05) is 0 Å². The molecule has 0 rings (SSSR count). The minimum Gasteiger partial charge on any atom is -0.481 e. The summed E-state index contributed by atoms with van der Waals surface area (Å²) >= 11 is 6.83. The zero-order valence-electron chi connectivity index (χ0n) is 7.23. The molecule has 14 heavy (non-hydrogen) atoms. The van der Waals surface area contributed by atoms with Gasteiger partial charge in [-0.3, -0.25) is 9.59 Å². The van der Waals surface area contributed by atoms with Gasteiger partial charge in [0, 0.05) is 37.7 Å². The second-order valence-electron chi connectivity index (χ2n) is 1.10. The van der Waals surface area contributed by atoms with E-state index in [9.17, 15) is 9.59 Å². The minimum atomic E-state index is -0.881. The normalized spacial score (nSPS) is 5.29. The fourth-order valence-corrected chi connectivity index (χ4v) is 0. The molecule has 0 unspecified atom stereocenters. The summed E-state index contributed by atoms with van der Waals surface area (Å²) in [5, 5.41) is 15.3. The molecule has 0 heterocycles. The Morgan fingerprint density at radius 1 is 0.857 bits per heavy atom. The summed E-state index contributed by atoms with van der Waals surface area (Å²) in [5.41, 5.74) is 0. The molecule has 0 aliphatic heterocycles. The first-order valence-corrected chi connectivity index (χ1v) is 3.46. The van der Waals surface area contributed by atoms with Crippen LogP contribution < -0.4 is 0 Å². The Labute approximate surface area is 122 Å². The van der Waals surface area contributed by atoms with Crippen LogP contribution in [-0.2, 0) is 9.59 Å². The molecule has 0 amide bonds. The number of hydrogen-bond donors (Lipinski definition) is 4. The summed E-state index contributed by atoms with van der Waals surface area (Å²) < 4.78 is 0. The van der Waals surface area contributed by atoms with E-state index in [2.05, 4.69) is 25.3 Å². The Morgan fingerprint density at radius 3 is 0.929 bits per heavy atom. The van der Waals surface area contributed by atoms with Crippen molar-refractivity contribution in [3.63, 3.8) is 0 Å². The van der Waals surface area contributed by atoms with Crippen molar-refractivity contribution in [2.75, 3.05) is 11.5 Å². The molecule has 0 aromatic carbocycles. The number of hydrogen-bond acceptors (Lipinski definition) is 4. The summed E-state index contributed by atoms with van der Waals surface area (Å²) in [6, 6.07) is 0. The molecule has 10 heteroatoms. The Morgan fingerprint density at radius 2 is 0.929 bits per heavy atom. The Bertz CT molecular complexity index is 108. The van der Waals surface area contributed by atoms with Gasteiger partial charge in [-0.05, 0) is 0 Å². The van der Waals surface area contributed by atoms with Crippen molar-refractivity contribution in [3.8, 4) is 0 Å². The Balaban J connectivity index is -0.0000000178. The molecule has 0 aliphatic rings. The van der Waals surface area contributed by atoms with Crippen molar-refractivity contribution in [2.45, 2.75) is 0 Å². The van der Waals surface area contributed by atoms with E-state index in [4.69, 9.17) is 10.2 Å². The van der Waals surface area contributed by atoms with Crippen molar-refractivity contribution in [3.05, 3.63) is 0 Å². The summed E-state index contributed by atoms with van der Waals surface area (Å²) in [5.74, 6) is -1.93. The van der Waals surface area contributed by atoms with E-state index < -0.39 is 11.9 Å². The van der Waals surface area contributed by atoms with Gasteiger partial charge < -0.3 is 26.6 Å². The summed E-state index contributed by atoms with van der Waals surface area (Å²) in [7, 11) is 0. The molecule has 2 radical (unpaired) electrons. The second-order valence-corrected chi connectivity index (χ2v) is 1.74. The van der Waals surface area contributed by atoms with Gasteiger partial charge in [0.2, 0.25) is 0 Å². The van der Waals surface area contributed by atoms with Gasteiger partial charge in [-0.25, -0.2) is 0 Å². The molecule has 0 spiro atoms. The van der Waals surface area contributed by atoms with E-state index in [1.54, 1.807) is 0 Å². The van der Waals surface area contributed by atoms with Crippen LogP contribution >= 0.6 is 25.3 Å². The molecular weight excluding hydrogens is 264 g/mol. The van der Waals surface area contributed by atoms with E-state index in [0.717, 1.165) is 0 Å². The van der Waals surface area contributed by atoms with Gasteiger partial charge in [0.1, 0.15) is 0 Å². The maximum absolute atomic E-state index is 9.29. The van der Waals surface area contributed by atoms with Crippen molar-refractivity contribution in [2.24, 2.45) is 0 Å². The molecule has 0 saturated heterocycles. The van der Waals surface area contributed by atoms with Gasteiger partial charge in [-0.2, -0.15) is 25.3 Å². The zero-order valence-corrected chi connectivity index (χ0v) is 11.2. The number of aliphatic carboxylic acids is 2. The maximum Gasteiger partial charge on any atom is 0.313 e. The number of thiol groups is 2. The first-order valence-electron chi connectivity index (χ1n) is 2.20. The van der Waals surface area contributed by atoms with Crippen molar-refractivity contribution in [1.29, 1.82) is 0 Å². The van der Waals surface area contributed by atoms with E-state index >= 15 is 0 Å². The molecule has 0 atom stereocenters. The van der Waals surface area contributed by atoms with E-state index in [-0.39, 0.29) is 65.7 Å². The van der Waals surface area contributed by atoms with E-state index in [0.29, 0.717) is 0 Å². The van der Waals surface area contributed by atoms with E-state index in [1.165, 1.54) is 0 Å². The quantitative estimate of drug-likeness (QED) is 0.315. The zero-order chi connectivity index (χ0) is 8.57. The van der Waals surface area contributed by atoms with Gasteiger partial charge in [0.05, 0.1) is 11.5 Å². The van der Waals surface area contributed by atoms with Crippen LogP contribution in [0.2, 0.25) is 0 Å². The van der Waals surface area contributed by atoms with Crippen LogP contribution in [0.1, 0.15) is 0 Å². The van der Waals surface area contributed by atoms with Crippen LogP contribution in [-0.4, -0.2) is 87.8 Å². The van der Waals surface area contributed by atoms with Crippen LogP contribution in [0.5, 0.6) is 0 Å². The molecular formula is C4H14CaO7S2. The first kappa shape index (κ1) is 36.4. The average molecular weight is 278 g/mol. The van der Waals surface area contributed by atoms with Crippen LogP contribution in [0.15, 0.2) is 0 Å². The van der Waals surface area contributed by atoms with Crippen molar-refractivity contribution in [1.82, 2.24) is 0 Å². The molecule has 0 bridgehead atoms. The molecule has 8 N–H and O–H groups in total. The Kier molecular flexibility index (Phi) is 75.9. The summed E-state index contributed by atoms with van der Waals surface area (Å²) in [6.45, 7) is 0. The molecule has 0 fully saturated rings. The van der Waals surface area contributed by atoms with Crippen LogP contribution in [0.3, 0.4) is 0 Å². The third kappa shape index (κ3) is 77.6. The summed E-state index contributed by atoms with van der Waals surface area (Å²) in [4.78, 5) is 18.6. The molecule has 0 saturated carbocycles. The maximum atomic E-state index is 9.29. The minimum absolute atomic E-state index is 0. The standard InChI is InChI=1S/2C2H4O2S.Ca.3H2O/c2*3-2(4)1-5;;;;/h2*5H,1H2,(H,3,4);;3*1H2. The third-order valence-electron chi connectivity index (χ3n) is 0.271. The number of carboxylic acid groups (broad SMARTS) is 2. The van der Waals surface area contributed by atoms with Crippen LogP contribution in [0.4, 0.5) is 0 Å². The average Bonchev–Trinajstić information content (AvgIpc) is 1.89. The molecule has 0 aromatic rings. The predicted octanol–water partition coefficient (Wildman–Crippen LogP) is -2.85. The van der Waals surface area contributed by atoms with Crippen LogP contribution in [0, 0.1) is 0 Å². The fourth-order valence-electron chi connectivity index (χ4n) is 0. The smallest absolute Gasteiger partial charge is 0.313 e. The summed E-state index contributed by atoms with van der Waals surface area (Å²) in [6.07, 6.45) is 0. The van der Waals surface area contributed by atoms with Crippen LogP contribution in [0.25, 0.3) is 0 Å². The number of carbonyl (C=O) groups is 2. The predicted molar refractivity (Wildman–Crippen MR) is 59.6 cm³/mol. The van der Waals surface area contributed by atoms with Gasteiger partial charge in [0.15, 0.2) is 0 Å². The number of carboxylic acids is 2. The molecule has 0 aromatic heterocycles. The molecule has 0 aliphatic carbocycles. The monoisotopic (exact) mass is 278 g/mol. The first-order chi connectivity index (χ1) is 4.54. The molecule has 86 valence electrons. The van der Waals surface area contributed by atoms with Gasteiger partial charge >= 0.3 is 11.9 Å². The van der Waals surface area contributed by atoms with Gasteiger partial charge in [-0.1, -0.05) is 0 Å². The largest absolute Gasteiger partial charge is 0.481 e.